The first-order chi connectivity index (χ1) is 14.2. The highest BCUT2D eigenvalue weighted by molar-refractivity contribution is 5.93. The second-order valence-corrected chi connectivity index (χ2v) is 7.82. The molecule has 5 heteroatoms. The summed E-state index contributed by atoms with van der Waals surface area (Å²) in [6.45, 7) is 4.21. The Kier molecular flexibility index (Phi) is 4.52. The zero-order valence-electron chi connectivity index (χ0n) is 16.6. The molecule has 1 aliphatic rings. The van der Waals surface area contributed by atoms with Gasteiger partial charge < -0.3 is 15.6 Å². The largest absolute Gasteiger partial charge is 0.384 e. The zero-order chi connectivity index (χ0) is 19.8. The van der Waals surface area contributed by atoms with Gasteiger partial charge in [0, 0.05) is 29.0 Å². The Morgan fingerprint density at radius 3 is 2.52 bits per heavy atom. The van der Waals surface area contributed by atoms with Gasteiger partial charge in [0.05, 0.1) is 17.4 Å². The fourth-order valence-electron chi connectivity index (χ4n) is 4.48. The molecule has 5 rings (SSSR count). The number of benzene rings is 1. The van der Waals surface area contributed by atoms with Crippen LogP contribution in [0.2, 0.25) is 0 Å². The Labute approximate surface area is 170 Å². The number of aromatic nitrogens is 3. The molecule has 0 bridgehead atoms. The van der Waals surface area contributed by atoms with Crippen molar-refractivity contribution in [2.45, 2.75) is 25.7 Å². The third kappa shape index (κ3) is 3.17. The number of anilines is 1. The highest BCUT2D eigenvalue weighted by Gasteiger charge is 2.27. The second-order valence-electron chi connectivity index (χ2n) is 7.82. The van der Waals surface area contributed by atoms with Crippen molar-refractivity contribution in [2.75, 3.05) is 18.8 Å². The Bertz CT molecular complexity index is 1140. The third-order valence-electron chi connectivity index (χ3n) is 5.91. The van der Waals surface area contributed by atoms with Crippen LogP contribution >= 0.6 is 0 Å². The number of hydrogen-bond acceptors (Lipinski definition) is 4. The molecule has 0 aliphatic carbocycles. The van der Waals surface area contributed by atoms with Crippen molar-refractivity contribution < 1.29 is 0 Å². The van der Waals surface area contributed by atoms with Crippen LogP contribution in [0, 0.1) is 6.92 Å². The lowest BCUT2D eigenvalue weighted by atomic mass is 9.87. The van der Waals surface area contributed by atoms with E-state index in [1.807, 2.05) is 24.7 Å². The lowest BCUT2D eigenvalue weighted by molar-refractivity contribution is 0.463. The molecule has 29 heavy (non-hydrogen) atoms. The zero-order valence-corrected chi connectivity index (χ0v) is 16.6. The summed E-state index contributed by atoms with van der Waals surface area (Å²) in [5.74, 6) is 1.04. The maximum atomic E-state index is 5.89. The molecule has 1 saturated heterocycles. The van der Waals surface area contributed by atoms with Crippen molar-refractivity contribution in [2.24, 2.45) is 0 Å². The van der Waals surface area contributed by atoms with Gasteiger partial charge in [0.15, 0.2) is 0 Å². The van der Waals surface area contributed by atoms with Gasteiger partial charge in [-0.3, -0.25) is 4.98 Å². The number of pyridine rings is 2. The van der Waals surface area contributed by atoms with Gasteiger partial charge in [-0.15, -0.1) is 0 Å². The van der Waals surface area contributed by atoms with Crippen LogP contribution in [-0.4, -0.2) is 27.6 Å². The molecule has 1 aliphatic heterocycles. The highest BCUT2D eigenvalue weighted by Crippen LogP contribution is 2.42. The molecule has 3 aromatic heterocycles. The molecule has 0 atom stereocenters. The molecule has 146 valence electrons. The predicted molar refractivity (Wildman–Crippen MR) is 118 cm³/mol. The smallest absolute Gasteiger partial charge is 0.123 e. The third-order valence-corrected chi connectivity index (χ3v) is 5.91. The Balaban J connectivity index is 1.85. The summed E-state index contributed by atoms with van der Waals surface area (Å²) in [6.07, 6.45) is 8.03. The van der Waals surface area contributed by atoms with E-state index in [2.05, 4.69) is 63.2 Å². The number of piperidine rings is 1. The highest BCUT2D eigenvalue weighted by atomic mass is 15.0. The Morgan fingerprint density at radius 1 is 1.00 bits per heavy atom. The monoisotopic (exact) mass is 383 g/mol. The maximum Gasteiger partial charge on any atom is 0.123 e. The molecule has 4 aromatic rings. The molecule has 0 unspecified atom stereocenters. The van der Waals surface area contributed by atoms with Crippen molar-refractivity contribution >= 4 is 16.7 Å². The van der Waals surface area contributed by atoms with Gasteiger partial charge in [-0.05, 0) is 74.7 Å². The standard InChI is InChI=1S/C24H25N5/c1-16-2-5-19(6-3-16)29-21-15-27-13-10-20(21)23(17-8-11-26-12-9-17)24(29)18-4-7-22(25)28-14-18/h2-7,10,13-15,17,26H,8-9,11-12H2,1H3,(H2,25,28). The molecule has 1 aromatic carbocycles. The molecule has 0 spiro atoms. The number of rotatable bonds is 3. The van der Waals surface area contributed by atoms with Crippen molar-refractivity contribution in [1.29, 1.82) is 0 Å². The molecule has 3 N–H and O–H groups in total. The van der Waals surface area contributed by atoms with E-state index in [0.717, 1.165) is 42.7 Å². The first kappa shape index (κ1) is 17.9. The normalized spacial score (nSPS) is 15.1. The molecule has 0 amide bonds. The van der Waals surface area contributed by atoms with E-state index in [0.29, 0.717) is 11.7 Å². The van der Waals surface area contributed by atoms with Crippen molar-refractivity contribution in [3.8, 4) is 16.9 Å². The van der Waals surface area contributed by atoms with Crippen LogP contribution in [0.5, 0.6) is 0 Å². The number of fused-ring (bicyclic) bond motifs is 1. The SMILES string of the molecule is Cc1ccc(-n2c(-c3ccc(N)nc3)c(C3CCNCC3)c3ccncc32)cc1. The van der Waals surface area contributed by atoms with Gasteiger partial charge in [-0.25, -0.2) is 4.98 Å². The van der Waals surface area contributed by atoms with Crippen LogP contribution in [0.4, 0.5) is 5.82 Å². The van der Waals surface area contributed by atoms with Crippen molar-refractivity contribution in [3.63, 3.8) is 0 Å². The number of hydrogen-bond donors (Lipinski definition) is 2. The molecule has 0 radical (unpaired) electrons. The first-order valence-electron chi connectivity index (χ1n) is 10.2. The summed E-state index contributed by atoms with van der Waals surface area (Å²) in [6, 6.07) is 14.8. The van der Waals surface area contributed by atoms with Crippen LogP contribution in [0.1, 0.15) is 29.9 Å². The van der Waals surface area contributed by atoms with Crippen molar-refractivity contribution in [3.05, 3.63) is 72.2 Å². The second kappa shape index (κ2) is 7.33. The molecule has 0 saturated carbocycles. The van der Waals surface area contributed by atoms with E-state index >= 15 is 0 Å². The van der Waals surface area contributed by atoms with Gasteiger partial charge >= 0.3 is 0 Å². The summed E-state index contributed by atoms with van der Waals surface area (Å²) in [5, 5.41) is 4.77. The fraction of sp³-hybridized carbons (Fsp3) is 0.250. The van der Waals surface area contributed by atoms with Gasteiger partial charge in [0.25, 0.3) is 0 Å². The quantitative estimate of drug-likeness (QED) is 0.549. The molecule has 5 nitrogen and oxygen atoms in total. The average molecular weight is 383 g/mol. The van der Waals surface area contributed by atoms with E-state index in [1.54, 1.807) is 0 Å². The van der Waals surface area contributed by atoms with E-state index in [-0.39, 0.29) is 0 Å². The van der Waals surface area contributed by atoms with Crippen LogP contribution in [0.15, 0.2) is 61.1 Å². The minimum absolute atomic E-state index is 0.500. The summed E-state index contributed by atoms with van der Waals surface area (Å²) in [4.78, 5) is 8.85. The number of aryl methyl sites for hydroxylation is 1. The van der Waals surface area contributed by atoms with Crippen LogP contribution < -0.4 is 11.1 Å². The topological polar surface area (TPSA) is 68.8 Å². The lowest BCUT2D eigenvalue weighted by Gasteiger charge is -2.24. The number of nitrogens with zero attached hydrogens (tertiary/aromatic N) is 3. The lowest BCUT2D eigenvalue weighted by Crippen LogP contribution is -2.26. The molecule has 4 heterocycles. The fourth-order valence-corrected chi connectivity index (χ4v) is 4.48. The Hall–Kier alpha value is -3.18. The van der Waals surface area contributed by atoms with E-state index in [9.17, 15) is 0 Å². The van der Waals surface area contributed by atoms with Gasteiger partial charge in [-0.1, -0.05) is 17.7 Å². The first-order valence-corrected chi connectivity index (χ1v) is 10.2. The number of nitrogens with one attached hydrogen (secondary N) is 1. The van der Waals surface area contributed by atoms with Crippen LogP contribution in [-0.2, 0) is 0 Å². The maximum absolute atomic E-state index is 5.89. The van der Waals surface area contributed by atoms with Gasteiger partial charge in [-0.2, -0.15) is 0 Å². The minimum atomic E-state index is 0.500. The average Bonchev–Trinajstić information content (AvgIpc) is 3.11. The number of nitrogen functional groups attached to an aromatic ring is 1. The van der Waals surface area contributed by atoms with E-state index in [1.165, 1.54) is 22.2 Å². The molecule has 1 fully saturated rings. The predicted octanol–water partition coefficient (Wildman–Crippen LogP) is 4.45. The van der Waals surface area contributed by atoms with Crippen molar-refractivity contribution in [1.82, 2.24) is 19.9 Å². The number of nitrogens with two attached hydrogens (primary N) is 1. The minimum Gasteiger partial charge on any atom is -0.384 e. The van der Waals surface area contributed by atoms with Gasteiger partial charge in [0.1, 0.15) is 5.82 Å². The summed E-state index contributed by atoms with van der Waals surface area (Å²) >= 11 is 0. The van der Waals surface area contributed by atoms with Gasteiger partial charge in [0.2, 0.25) is 0 Å². The summed E-state index contributed by atoms with van der Waals surface area (Å²) < 4.78 is 2.34. The van der Waals surface area contributed by atoms with Crippen LogP contribution in [0.25, 0.3) is 27.8 Å². The van der Waals surface area contributed by atoms with Crippen LogP contribution in [0.3, 0.4) is 0 Å². The van der Waals surface area contributed by atoms with E-state index in [4.69, 9.17) is 5.73 Å². The van der Waals surface area contributed by atoms with E-state index < -0.39 is 0 Å². The molecular formula is C24H25N5. The molecular weight excluding hydrogens is 358 g/mol. The summed E-state index contributed by atoms with van der Waals surface area (Å²) in [5.41, 5.74) is 13.1. The summed E-state index contributed by atoms with van der Waals surface area (Å²) in [7, 11) is 0. The Morgan fingerprint density at radius 2 is 1.79 bits per heavy atom.